The Morgan fingerprint density at radius 1 is 0.622 bits per heavy atom. The Bertz CT molecular complexity index is 1800. The Hall–Kier alpha value is -2.73. The van der Waals surface area contributed by atoms with Gasteiger partial charge in [-0.3, -0.25) is 0 Å². The predicted molar refractivity (Wildman–Crippen MR) is 162 cm³/mol. The van der Waals surface area contributed by atoms with Crippen molar-refractivity contribution < 1.29 is 0 Å². The Labute approximate surface area is 236 Å². The van der Waals surface area contributed by atoms with Crippen molar-refractivity contribution in [2.45, 2.75) is 21.9 Å². The number of benzene rings is 4. The second kappa shape index (κ2) is 7.89. The van der Waals surface area contributed by atoms with E-state index in [0.717, 1.165) is 8.95 Å². The van der Waals surface area contributed by atoms with Gasteiger partial charge in [0.2, 0.25) is 0 Å². The van der Waals surface area contributed by atoms with Crippen LogP contribution in [0.5, 0.6) is 0 Å². The summed E-state index contributed by atoms with van der Waals surface area (Å²) in [6.07, 6.45) is 4.84. The first kappa shape index (κ1) is 22.3. The minimum Gasteiger partial charge on any atom is -0.363 e. The third kappa shape index (κ3) is 3.05. The Morgan fingerprint density at radius 2 is 1.05 bits per heavy atom. The number of para-hydroxylation sites is 2. The molecule has 0 aromatic heterocycles. The van der Waals surface area contributed by atoms with E-state index in [1.807, 2.05) is 11.8 Å². The highest BCUT2D eigenvalue weighted by molar-refractivity contribution is 9.10. The largest absolute Gasteiger partial charge is 0.363 e. The SMILES string of the molecule is CN1c2ccccc2C2=c3c(Sc4cc(Br)cc5c4=C4c6ccccc6N(C)C4C=5)cc(Br)cc3=CC21. The fourth-order valence-electron chi connectivity index (χ4n) is 6.64. The molecule has 2 nitrogen and oxygen atoms in total. The molecule has 4 aliphatic rings. The van der Waals surface area contributed by atoms with E-state index in [0.29, 0.717) is 0 Å². The highest BCUT2D eigenvalue weighted by Gasteiger charge is 2.35. The molecule has 2 aliphatic carbocycles. The van der Waals surface area contributed by atoms with Gasteiger partial charge in [0.25, 0.3) is 0 Å². The van der Waals surface area contributed by atoms with Crippen molar-refractivity contribution >= 4 is 78.3 Å². The highest BCUT2D eigenvalue weighted by Crippen LogP contribution is 2.42. The fraction of sp³-hybridized carbons (Fsp3) is 0.125. The summed E-state index contributed by atoms with van der Waals surface area (Å²) in [7, 11) is 4.42. The average Bonchev–Trinajstić information content (AvgIpc) is 3.59. The number of anilines is 2. The molecule has 5 heteroatoms. The molecular weight excluding hydrogens is 604 g/mol. The lowest BCUT2D eigenvalue weighted by molar-refractivity contribution is 0.986. The van der Waals surface area contributed by atoms with Crippen LogP contribution in [0.4, 0.5) is 11.4 Å². The third-order valence-corrected chi connectivity index (χ3v) is 10.2. The quantitative estimate of drug-likeness (QED) is 0.310. The summed E-state index contributed by atoms with van der Waals surface area (Å²) in [6.45, 7) is 0. The lowest BCUT2D eigenvalue weighted by Gasteiger charge is -2.18. The van der Waals surface area contributed by atoms with E-state index in [2.05, 4.69) is 141 Å². The molecule has 4 aromatic rings. The van der Waals surface area contributed by atoms with Gasteiger partial charge in [0.15, 0.2) is 0 Å². The van der Waals surface area contributed by atoms with E-state index in [-0.39, 0.29) is 12.1 Å². The van der Waals surface area contributed by atoms with Crippen molar-refractivity contribution in [1.82, 2.24) is 0 Å². The van der Waals surface area contributed by atoms with Crippen LogP contribution in [-0.2, 0) is 0 Å². The molecule has 0 spiro atoms. The second-order valence-corrected chi connectivity index (χ2v) is 13.1. The summed E-state index contributed by atoms with van der Waals surface area (Å²) in [5, 5.41) is 5.37. The predicted octanol–water partition coefficient (Wildman–Crippen LogP) is 4.99. The van der Waals surface area contributed by atoms with Crippen LogP contribution in [0.25, 0.3) is 23.3 Å². The molecule has 0 bridgehead atoms. The van der Waals surface area contributed by atoms with E-state index in [9.17, 15) is 0 Å². The summed E-state index contributed by atoms with van der Waals surface area (Å²) < 4.78 is 2.24. The number of nitrogens with zero attached hydrogens (tertiary/aromatic N) is 2. The summed E-state index contributed by atoms with van der Waals surface area (Å²) >= 11 is 9.54. The maximum Gasteiger partial charge on any atom is 0.0745 e. The topological polar surface area (TPSA) is 6.48 Å². The molecule has 8 rings (SSSR count). The molecule has 0 saturated carbocycles. The van der Waals surface area contributed by atoms with Gasteiger partial charge in [-0.2, -0.15) is 0 Å². The Balaban J connectivity index is 1.41. The first-order chi connectivity index (χ1) is 18.0. The average molecular weight is 626 g/mol. The Kier molecular flexibility index (Phi) is 4.75. The molecule has 2 heterocycles. The molecule has 2 aliphatic heterocycles. The highest BCUT2D eigenvalue weighted by atomic mass is 79.9. The van der Waals surface area contributed by atoms with Crippen molar-refractivity contribution in [3.8, 4) is 0 Å². The molecular formula is C32H22Br2N2S. The van der Waals surface area contributed by atoms with Gasteiger partial charge >= 0.3 is 0 Å². The van der Waals surface area contributed by atoms with Crippen molar-refractivity contribution in [2.24, 2.45) is 0 Å². The molecule has 2 atom stereocenters. The first-order valence-corrected chi connectivity index (χ1v) is 14.8. The van der Waals surface area contributed by atoms with E-state index in [4.69, 9.17) is 0 Å². The first-order valence-electron chi connectivity index (χ1n) is 12.4. The lowest BCUT2D eigenvalue weighted by atomic mass is 10.0. The molecule has 2 unspecified atom stereocenters. The van der Waals surface area contributed by atoms with Crippen molar-refractivity contribution in [3.63, 3.8) is 0 Å². The summed E-state index contributed by atoms with van der Waals surface area (Å²) in [5.74, 6) is 0. The van der Waals surface area contributed by atoms with Crippen LogP contribution < -0.4 is 30.7 Å². The van der Waals surface area contributed by atoms with Crippen molar-refractivity contribution in [1.29, 1.82) is 0 Å². The smallest absolute Gasteiger partial charge is 0.0745 e. The van der Waals surface area contributed by atoms with Gasteiger partial charge in [0.1, 0.15) is 0 Å². The van der Waals surface area contributed by atoms with Gasteiger partial charge in [0, 0.05) is 65.8 Å². The standard InChI is InChI=1S/C32H22Br2N2S/c1-35-23-9-5-3-7-21(23)31-25(35)13-17-11-19(33)15-27(29(17)31)37-28-16-20(34)12-18-14-26-32(30(18)28)22-8-4-6-10-24(22)36(26)2/h3-16,25-26H,1-2H3. The minimum atomic E-state index is 0.275. The maximum absolute atomic E-state index is 3.82. The molecule has 0 amide bonds. The van der Waals surface area contributed by atoms with E-state index >= 15 is 0 Å². The van der Waals surface area contributed by atoms with Crippen molar-refractivity contribution in [3.05, 3.63) is 114 Å². The molecule has 0 N–H and O–H groups in total. The fourth-order valence-corrected chi connectivity index (χ4v) is 9.16. The molecule has 37 heavy (non-hydrogen) atoms. The monoisotopic (exact) mass is 624 g/mol. The normalized spacial score (nSPS) is 19.7. The van der Waals surface area contributed by atoms with Crippen LogP contribution in [0.15, 0.2) is 91.5 Å². The molecule has 0 radical (unpaired) electrons. The number of rotatable bonds is 2. The van der Waals surface area contributed by atoms with Gasteiger partial charge in [-0.1, -0.05) is 80.0 Å². The third-order valence-electron chi connectivity index (χ3n) is 8.20. The van der Waals surface area contributed by atoms with Crippen LogP contribution in [0.1, 0.15) is 11.1 Å². The van der Waals surface area contributed by atoms with Crippen LogP contribution in [0.3, 0.4) is 0 Å². The van der Waals surface area contributed by atoms with Crippen molar-refractivity contribution in [2.75, 3.05) is 23.9 Å². The zero-order valence-corrected chi connectivity index (χ0v) is 24.3. The number of hydrogen-bond donors (Lipinski definition) is 0. The molecule has 4 aromatic carbocycles. The number of hydrogen-bond acceptors (Lipinski definition) is 3. The van der Waals surface area contributed by atoms with Gasteiger partial charge in [-0.25, -0.2) is 0 Å². The van der Waals surface area contributed by atoms with Gasteiger partial charge in [-0.05, 0) is 70.1 Å². The van der Waals surface area contributed by atoms with Gasteiger partial charge < -0.3 is 9.80 Å². The van der Waals surface area contributed by atoms with Gasteiger partial charge in [-0.15, -0.1) is 0 Å². The number of halogens is 2. The number of likely N-dealkylation sites (N-methyl/N-ethyl adjacent to an activating group) is 2. The van der Waals surface area contributed by atoms with Crippen LogP contribution in [-0.4, -0.2) is 26.2 Å². The summed E-state index contributed by atoms with van der Waals surface area (Å²) in [4.78, 5) is 7.41. The minimum absolute atomic E-state index is 0.275. The van der Waals surface area contributed by atoms with E-state index in [1.165, 1.54) is 64.3 Å². The maximum atomic E-state index is 3.82. The molecule has 0 saturated heterocycles. The number of fused-ring (bicyclic) bond motifs is 8. The Morgan fingerprint density at radius 3 is 1.51 bits per heavy atom. The molecule has 180 valence electrons. The van der Waals surface area contributed by atoms with Crippen LogP contribution in [0, 0.1) is 0 Å². The van der Waals surface area contributed by atoms with Crippen LogP contribution >= 0.6 is 43.6 Å². The zero-order valence-electron chi connectivity index (χ0n) is 20.3. The zero-order chi connectivity index (χ0) is 25.0. The summed E-state index contributed by atoms with van der Waals surface area (Å²) in [6, 6.07) is 27.3. The van der Waals surface area contributed by atoms with E-state index < -0.39 is 0 Å². The van der Waals surface area contributed by atoms with E-state index in [1.54, 1.807) is 0 Å². The summed E-state index contributed by atoms with van der Waals surface area (Å²) in [5.41, 5.74) is 8.18. The second-order valence-electron chi connectivity index (χ2n) is 10.1. The molecule has 0 fully saturated rings. The van der Waals surface area contributed by atoms with Gasteiger partial charge in [0.05, 0.1) is 12.1 Å². The van der Waals surface area contributed by atoms with Crippen LogP contribution in [0.2, 0.25) is 0 Å². The lowest BCUT2D eigenvalue weighted by Crippen LogP contribution is -2.28.